The summed E-state index contributed by atoms with van der Waals surface area (Å²) in [5, 5.41) is 18.4. The van der Waals surface area contributed by atoms with Crippen molar-refractivity contribution in [1.29, 1.82) is 0 Å². The van der Waals surface area contributed by atoms with Crippen molar-refractivity contribution in [2.45, 2.75) is 25.4 Å². The molecule has 6 nitrogen and oxygen atoms in total. The van der Waals surface area contributed by atoms with E-state index >= 15 is 0 Å². The molecule has 0 radical (unpaired) electrons. The number of likely N-dealkylation sites (tertiary alicyclic amines) is 1. The van der Waals surface area contributed by atoms with Gasteiger partial charge in [-0.1, -0.05) is 0 Å². The van der Waals surface area contributed by atoms with Gasteiger partial charge in [0.05, 0.1) is 12.5 Å². The van der Waals surface area contributed by atoms with Crippen molar-refractivity contribution in [1.82, 2.24) is 9.80 Å². The van der Waals surface area contributed by atoms with E-state index in [2.05, 4.69) is 0 Å². The van der Waals surface area contributed by atoms with E-state index in [1.54, 1.807) is 11.9 Å². The molecule has 0 aromatic rings. The highest BCUT2D eigenvalue weighted by Crippen LogP contribution is 2.38. The van der Waals surface area contributed by atoms with Crippen LogP contribution in [0.1, 0.15) is 19.3 Å². The molecule has 2 fully saturated rings. The zero-order valence-corrected chi connectivity index (χ0v) is 10.6. The summed E-state index contributed by atoms with van der Waals surface area (Å²) in [4.78, 5) is 25.7. The van der Waals surface area contributed by atoms with Gasteiger partial charge in [-0.3, -0.25) is 4.79 Å². The molecule has 2 amide bonds. The normalized spacial score (nSPS) is 30.3. The summed E-state index contributed by atoms with van der Waals surface area (Å²) in [6.45, 7) is 1.52. The minimum absolute atomic E-state index is 0.0361. The maximum absolute atomic E-state index is 12.1. The van der Waals surface area contributed by atoms with Gasteiger partial charge in [0.1, 0.15) is 0 Å². The smallest absolute Gasteiger partial charge is 0.319 e. The van der Waals surface area contributed by atoms with Crippen LogP contribution in [-0.2, 0) is 4.79 Å². The number of aliphatic hydroxyl groups excluding tert-OH is 1. The van der Waals surface area contributed by atoms with Crippen LogP contribution in [0.5, 0.6) is 0 Å². The largest absolute Gasteiger partial charge is 0.481 e. The predicted octanol–water partition coefficient (Wildman–Crippen LogP) is 0.216. The minimum atomic E-state index is -0.900. The van der Waals surface area contributed by atoms with Gasteiger partial charge < -0.3 is 20.0 Å². The second-order valence-corrected chi connectivity index (χ2v) is 5.32. The lowest BCUT2D eigenvalue weighted by Crippen LogP contribution is -2.41. The Kier molecular flexibility index (Phi) is 3.75. The number of carboxylic acid groups (broad SMARTS) is 1. The Bertz CT molecular complexity index is 347. The molecule has 18 heavy (non-hydrogen) atoms. The minimum Gasteiger partial charge on any atom is -0.481 e. The molecule has 6 heteroatoms. The average molecular weight is 256 g/mol. The van der Waals surface area contributed by atoms with Gasteiger partial charge in [0.25, 0.3) is 0 Å². The number of carboxylic acids is 1. The number of hydrogen-bond acceptors (Lipinski definition) is 3. The van der Waals surface area contributed by atoms with Crippen LogP contribution < -0.4 is 0 Å². The van der Waals surface area contributed by atoms with E-state index in [4.69, 9.17) is 5.11 Å². The van der Waals surface area contributed by atoms with Gasteiger partial charge in [-0.05, 0) is 18.8 Å². The lowest BCUT2D eigenvalue weighted by atomic mass is 10.00. The molecule has 0 bridgehead atoms. The van der Waals surface area contributed by atoms with Crippen molar-refractivity contribution in [2.75, 3.05) is 26.7 Å². The number of hydrogen-bond donors (Lipinski definition) is 2. The molecule has 3 atom stereocenters. The molecule has 3 unspecified atom stereocenters. The van der Waals surface area contributed by atoms with Crippen molar-refractivity contribution in [3.8, 4) is 0 Å². The highest BCUT2D eigenvalue weighted by Gasteiger charge is 2.43. The highest BCUT2D eigenvalue weighted by molar-refractivity contribution is 5.75. The maximum Gasteiger partial charge on any atom is 0.319 e. The van der Waals surface area contributed by atoms with E-state index in [1.807, 2.05) is 0 Å². The fourth-order valence-electron chi connectivity index (χ4n) is 2.99. The van der Waals surface area contributed by atoms with Crippen LogP contribution in [0.2, 0.25) is 0 Å². The summed E-state index contributed by atoms with van der Waals surface area (Å²) in [5.74, 6) is -0.276. The average Bonchev–Trinajstić information content (AvgIpc) is 2.88. The van der Waals surface area contributed by atoms with E-state index in [1.165, 1.54) is 4.90 Å². The van der Waals surface area contributed by atoms with E-state index in [9.17, 15) is 14.7 Å². The number of aliphatic hydroxyl groups is 1. The molecular formula is C12H20N2O4. The zero-order chi connectivity index (χ0) is 13.3. The fraction of sp³-hybridized carbons (Fsp3) is 0.833. The first-order valence-corrected chi connectivity index (χ1v) is 6.39. The zero-order valence-electron chi connectivity index (χ0n) is 10.6. The first-order valence-electron chi connectivity index (χ1n) is 6.39. The van der Waals surface area contributed by atoms with Crippen molar-refractivity contribution in [3.05, 3.63) is 0 Å². The number of urea groups is 1. The molecule has 2 N–H and O–H groups in total. The molecule has 1 heterocycles. The number of rotatable bonds is 3. The monoisotopic (exact) mass is 256 g/mol. The number of carbonyl (C=O) groups excluding carboxylic acids is 1. The highest BCUT2D eigenvalue weighted by atomic mass is 16.4. The standard InChI is InChI=1S/C12H20N2O4/c1-13(5-4-11(16)17)12(18)14-6-8-2-3-10(15)9(8)7-14/h8-10,15H,2-7H2,1H3,(H,16,17). The summed E-state index contributed by atoms with van der Waals surface area (Å²) in [5.41, 5.74) is 0. The Labute approximate surface area is 106 Å². The molecule has 0 aromatic heterocycles. The number of carbonyl (C=O) groups is 2. The van der Waals surface area contributed by atoms with Crippen molar-refractivity contribution in [2.24, 2.45) is 11.8 Å². The van der Waals surface area contributed by atoms with E-state index in [0.29, 0.717) is 19.0 Å². The third-order valence-corrected chi connectivity index (χ3v) is 4.08. The second-order valence-electron chi connectivity index (χ2n) is 5.32. The number of fused-ring (bicyclic) bond motifs is 1. The maximum atomic E-state index is 12.1. The molecule has 2 rings (SSSR count). The lowest BCUT2D eigenvalue weighted by Gasteiger charge is -2.25. The van der Waals surface area contributed by atoms with Crippen LogP contribution in [0.4, 0.5) is 4.79 Å². The Morgan fingerprint density at radius 1 is 1.33 bits per heavy atom. The molecule has 0 aromatic carbocycles. The Morgan fingerprint density at radius 2 is 2.06 bits per heavy atom. The van der Waals surface area contributed by atoms with Crippen LogP contribution in [0.25, 0.3) is 0 Å². The molecular weight excluding hydrogens is 236 g/mol. The Hall–Kier alpha value is -1.30. The molecule has 1 aliphatic heterocycles. The van der Waals surface area contributed by atoms with E-state index < -0.39 is 5.97 Å². The molecule has 2 aliphatic rings. The summed E-state index contributed by atoms with van der Waals surface area (Å²) in [6, 6.07) is -0.127. The van der Waals surface area contributed by atoms with Crippen LogP contribution in [0, 0.1) is 11.8 Å². The van der Waals surface area contributed by atoms with Gasteiger partial charge in [-0.2, -0.15) is 0 Å². The summed E-state index contributed by atoms with van der Waals surface area (Å²) in [6.07, 6.45) is 1.50. The SMILES string of the molecule is CN(CCC(=O)O)C(=O)N1CC2CCC(O)C2C1. The van der Waals surface area contributed by atoms with Crippen molar-refractivity contribution < 1.29 is 19.8 Å². The van der Waals surface area contributed by atoms with Gasteiger partial charge in [0.2, 0.25) is 0 Å². The van der Waals surface area contributed by atoms with Gasteiger partial charge in [0.15, 0.2) is 0 Å². The van der Waals surface area contributed by atoms with Crippen molar-refractivity contribution in [3.63, 3.8) is 0 Å². The molecule has 1 aliphatic carbocycles. The number of aliphatic carboxylic acids is 1. The molecule has 0 spiro atoms. The molecule has 1 saturated carbocycles. The van der Waals surface area contributed by atoms with Gasteiger partial charge in [-0.15, -0.1) is 0 Å². The fourth-order valence-corrected chi connectivity index (χ4v) is 2.99. The summed E-state index contributed by atoms with van der Waals surface area (Å²) >= 11 is 0. The van der Waals surface area contributed by atoms with Crippen LogP contribution in [-0.4, -0.2) is 64.8 Å². The van der Waals surface area contributed by atoms with Gasteiger partial charge in [-0.25, -0.2) is 4.79 Å². The van der Waals surface area contributed by atoms with Gasteiger partial charge in [0, 0.05) is 32.6 Å². The predicted molar refractivity (Wildman–Crippen MR) is 64.1 cm³/mol. The third kappa shape index (κ3) is 2.58. The van der Waals surface area contributed by atoms with Gasteiger partial charge >= 0.3 is 12.0 Å². The number of nitrogens with zero attached hydrogens (tertiary/aromatic N) is 2. The molecule has 102 valence electrons. The van der Waals surface area contributed by atoms with Crippen LogP contribution in [0.15, 0.2) is 0 Å². The number of amides is 2. The van der Waals surface area contributed by atoms with E-state index in [-0.39, 0.29) is 31.0 Å². The lowest BCUT2D eigenvalue weighted by molar-refractivity contribution is -0.137. The molecule has 1 saturated heterocycles. The van der Waals surface area contributed by atoms with Crippen LogP contribution >= 0.6 is 0 Å². The quantitative estimate of drug-likeness (QED) is 0.756. The summed E-state index contributed by atoms with van der Waals surface area (Å²) < 4.78 is 0. The van der Waals surface area contributed by atoms with Crippen molar-refractivity contribution >= 4 is 12.0 Å². The third-order valence-electron chi connectivity index (χ3n) is 4.08. The van der Waals surface area contributed by atoms with E-state index in [0.717, 1.165) is 12.8 Å². The Balaban J connectivity index is 1.85. The first kappa shape index (κ1) is 13.1. The Morgan fingerprint density at radius 3 is 2.67 bits per heavy atom. The summed E-state index contributed by atoms with van der Waals surface area (Å²) in [7, 11) is 1.62. The van der Waals surface area contributed by atoms with Crippen LogP contribution in [0.3, 0.4) is 0 Å². The first-order chi connectivity index (χ1) is 8.49. The topological polar surface area (TPSA) is 81.1 Å². The second kappa shape index (κ2) is 5.14.